The quantitative estimate of drug-likeness (QED) is 0.722. The van der Waals surface area contributed by atoms with Gasteiger partial charge in [-0.2, -0.15) is 0 Å². The summed E-state index contributed by atoms with van der Waals surface area (Å²) in [5, 5.41) is 0.387. The third-order valence-electron chi connectivity index (χ3n) is 3.50. The molecule has 0 aliphatic carbocycles. The van der Waals surface area contributed by atoms with E-state index in [4.69, 9.17) is 0 Å². The molecule has 0 radical (unpaired) electrons. The van der Waals surface area contributed by atoms with Gasteiger partial charge < -0.3 is 4.90 Å². The molecule has 0 unspecified atom stereocenters. The molecule has 3 heteroatoms. The Morgan fingerprint density at radius 2 is 2.22 bits per heavy atom. The minimum absolute atomic E-state index is 0.0179. The number of hydrogen-bond donors (Lipinski definition) is 0. The normalized spacial score (nSPS) is 23.2. The lowest BCUT2D eigenvalue weighted by Crippen LogP contribution is -2.40. The molecule has 1 aromatic rings. The Morgan fingerprint density at radius 1 is 1.50 bits per heavy atom. The van der Waals surface area contributed by atoms with Crippen LogP contribution in [0.4, 0.5) is 0 Å². The summed E-state index contributed by atoms with van der Waals surface area (Å²) >= 11 is 1.85. The lowest BCUT2D eigenvalue weighted by molar-refractivity contribution is -0.128. The van der Waals surface area contributed by atoms with E-state index < -0.39 is 0 Å². The second-order valence-electron chi connectivity index (χ2n) is 4.85. The highest BCUT2D eigenvalue weighted by Crippen LogP contribution is 2.35. The number of hydrogen-bond acceptors (Lipinski definition) is 2. The highest BCUT2D eigenvalue weighted by molar-refractivity contribution is 8.00. The Labute approximate surface area is 113 Å². The topological polar surface area (TPSA) is 20.3 Å². The highest BCUT2D eigenvalue weighted by atomic mass is 32.2. The fourth-order valence-corrected chi connectivity index (χ4v) is 3.39. The predicted molar refractivity (Wildman–Crippen MR) is 76.7 cm³/mol. The van der Waals surface area contributed by atoms with Gasteiger partial charge in [-0.05, 0) is 31.6 Å². The summed E-state index contributed by atoms with van der Waals surface area (Å²) < 4.78 is 0. The number of carbonyl (C=O) groups excluding carboxylic acids is 1. The predicted octanol–water partition coefficient (Wildman–Crippen LogP) is 3.39. The molecule has 1 amide bonds. The van der Waals surface area contributed by atoms with Crippen molar-refractivity contribution in [2.45, 2.75) is 43.5 Å². The smallest absolute Gasteiger partial charge is 0.246 e. The molecule has 0 N–H and O–H groups in total. The molecule has 2 nitrogen and oxygen atoms in total. The zero-order chi connectivity index (χ0) is 13.3. The van der Waals surface area contributed by atoms with Gasteiger partial charge in [0.05, 0.1) is 0 Å². The van der Waals surface area contributed by atoms with Crippen molar-refractivity contribution < 1.29 is 4.79 Å². The van der Waals surface area contributed by atoms with Gasteiger partial charge in [0.2, 0.25) is 5.91 Å². The van der Waals surface area contributed by atoms with Gasteiger partial charge in [0.15, 0.2) is 0 Å². The highest BCUT2D eigenvalue weighted by Gasteiger charge is 2.28. The molecule has 1 aliphatic rings. The first kappa shape index (κ1) is 13.2. The number of rotatable bonds is 1. The first-order chi connectivity index (χ1) is 8.52. The van der Waals surface area contributed by atoms with Gasteiger partial charge in [0.1, 0.15) is 0 Å². The summed E-state index contributed by atoms with van der Waals surface area (Å²) in [6.45, 7) is 10.7. The molecule has 96 valence electrons. The molecule has 1 aromatic carbocycles. The number of carbonyl (C=O) groups is 1. The lowest BCUT2D eigenvalue weighted by Gasteiger charge is -2.29. The number of benzene rings is 1. The summed E-state index contributed by atoms with van der Waals surface area (Å²) in [6, 6.07) is 6.69. The third kappa shape index (κ3) is 2.46. The number of nitrogens with zero attached hydrogens (tertiary/aromatic N) is 1. The molecule has 1 heterocycles. The van der Waals surface area contributed by atoms with Crippen LogP contribution in [0.3, 0.4) is 0 Å². The third-order valence-corrected chi connectivity index (χ3v) is 4.92. The second kappa shape index (κ2) is 5.19. The van der Waals surface area contributed by atoms with Crippen LogP contribution in [0, 0.1) is 6.92 Å². The van der Waals surface area contributed by atoms with E-state index in [1.54, 1.807) is 0 Å². The van der Waals surface area contributed by atoms with Gasteiger partial charge >= 0.3 is 0 Å². The number of fused-ring (bicyclic) bond motifs is 1. The largest absolute Gasteiger partial charge is 0.331 e. The van der Waals surface area contributed by atoms with Crippen LogP contribution >= 0.6 is 11.8 Å². The molecular formula is C15H19NOS. The van der Waals surface area contributed by atoms with E-state index in [1.165, 1.54) is 22.1 Å². The first-order valence-electron chi connectivity index (χ1n) is 6.22. The summed E-state index contributed by atoms with van der Waals surface area (Å²) in [7, 11) is 0. The van der Waals surface area contributed by atoms with Gasteiger partial charge in [-0.3, -0.25) is 4.79 Å². The zero-order valence-corrected chi connectivity index (χ0v) is 12.0. The molecule has 2 rings (SSSR count). The van der Waals surface area contributed by atoms with Crippen molar-refractivity contribution >= 4 is 17.7 Å². The van der Waals surface area contributed by atoms with Crippen molar-refractivity contribution in [3.63, 3.8) is 0 Å². The van der Waals surface area contributed by atoms with Crippen molar-refractivity contribution in [2.75, 3.05) is 0 Å². The zero-order valence-electron chi connectivity index (χ0n) is 11.1. The molecule has 0 fully saturated rings. The van der Waals surface area contributed by atoms with Crippen LogP contribution in [0.1, 0.15) is 25.0 Å². The van der Waals surface area contributed by atoms with Crippen molar-refractivity contribution in [3.8, 4) is 0 Å². The number of amides is 1. The van der Waals surface area contributed by atoms with Gasteiger partial charge in [-0.25, -0.2) is 0 Å². The van der Waals surface area contributed by atoms with Crippen LogP contribution in [0.2, 0.25) is 0 Å². The van der Waals surface area contributed by atoms with E-state index in [-0.39, 0.29) is 11.9 Å². The lowest BCUT2D eigenvalue weighted by atomic mass is 10.1. The van der Waals surface area contributed by atoms with Gasteiger partial charge in [0, 0.05) is 22.7 Å². The van der Waals surface area contributed by atoms with Crippen molar-refractivity contribution in [1.82, 2.24) is 4.90 Å². The fourth-order valence-electron chi connectivity index (χ4n) is 2.22. The summed E-state index contributed by atoms with van der Waals surface area (Å²) in [5.74, 6) is 0.0179. The van der Waals surface area contributed by atoms with Crippen molar-refractivity contribution in [1.29, 1.82) is 0 Å². The standard InChI is InChI=1S/C15H19NOS/c1-5-15(17)16-9-13-8-10(2)6-7-14(13)18-12(4)11(16)3/h5-8,11-12H,1,9H2,2-4H3/t11-,12+/m0/s1. The molecular weight excluding hydrogens is 242 g/mol. The van der Waals surface area contributed by atoms with E-state index in [0.717, 1.165) is 0 Å². The molecule has 0 saturated heterocycles. The molecule has 0 aromatic heterocycles. The molecule has 18 heavy (non-hydrogen) atoms. The van der Waals surface area contributed by atoms with Gasteiger partial charge in [-0.15, -0.1) is 11.8 Å². The molecule has 2 atom stereocenters. The monoisotopic (exact) mass is 261 g/mol. The van der Waals surface area contributed by atoms with E-state index in [0.29, 0.717) is 11.8 Å². The van der Waals surface area contributed by atoms with Gasteiger partial charge in [-0.1, -0.05) is 31.2 Å². The van der Waals surface area contributed by atoms with Gasteiger partial charge in [0.25, 0.3) is 0 Å². The number of aryl methyl sites for hydroxylation is 1. The minimum atomic E-state index is 0.0179. The molecule has 1 aliphatic heterocycles. The number of thioether (sulfide) groups is 1. The maximum atomic E-state index is 12.0. The Morgan fingerprint density at radius 3 is 2.89 bits per heavy atom. The van der Waals surface area contributed by atoms with E-state index in [9.17, 15) is 4.79 Å². The molecule has 0 saturated carbocycles. The van der Waals surface area contributed by atoms with Crippen LogP contribution in [0.25, 0.3) is 0 Å². The second-order valence-corrected chi connectivity index (χ2v) is 6.26. The maximum absolute atomic E-state index is 12.0. The average Bonchev–Trinajstić information content (AvgIpc) is 2.47. The Hall–Kier alpha value is -1.22. The van der Waals surface area contributed by atoms with Crippen molar-refractivity contribution in [3.05, 3.63) is 42.0 Å². The van der Waals surface area contributed by atoms with E-state index in [2.05, 4.69) is 45.5 Å². The summed E-state index contributed by atoms with van der Waals surface area (Å²) in [4.78, 5) is 15.2. The molecule has 0 spiro atoms. The fraction of sp³-hybridized carbons (Fsp3) is 0.400. The Balaban J connectivity index is 2.41. The molecule has 0 bridgehead atoms. The average molecular weight is 261 g/mol. The van der Waals surface area contributed by atoms with Crippen LogP contribution in [-0.2, 0) is 11.3 Å². The first-order valence-corrected chi connectivity index (χ1v) is 7.10. The Bertz CT molecular complexity index is 483. The summed E-state index contributed by atoms with van der Waals surface area (Å²) in [5.41, 5.74) is 2.48. The van der Waals surface area contributed by atoms with Crippen LogP contribution < -0.4 is 0 Å². The van der Waals surface area contributed by atoms with Crippen LogP contribution in [-0.4, -0.2) is 22.1 Å². The maximum Gasteiger partial charge on any atom is 0.246 e. The van der Waals surface area contributed by atoms with E-state index in [1.807, 2.05) is 16.7 Å². The SMILES string of the molecule is C=CC(=O)N1Cc2cc(C)ccc2S[C@H](C)[C@@H]1C. The van der Waals surface area contributed by atoms with Crippen molar-refractivity contribution in [2.24, 2.45) is 0 Å². The van der Waals surface area contributed by atoms with Crippen LogP contribution in [0.5, 0.6) is 0 Å². The Kier molecular flexibility index (Phi) is 3.81. The van der Waals surface area contributed by atoms with Crippen LogP contribution in [0.15, 0.2) is 35.7 Å². The van der Waals surface area contributed by atoms with E-state index >= 15 is 0 Å². The summed E-state index contributed by atoms with van der Waals surface area (Å²) in [6.07, 6.45) is 1.41. The minimum Gasteiger partial charge on any atom is -0.331 e.